The molecule has 0 aliphatic carbocycles. The van der Waals surface area contributed by atoms with E-state index in [1.807, 2.05) is 6.07 Å². The second kappa shape index (κ2) is 3.85. The van der Waals surface area contributed by atoms with E-state index in [2.05, 4.69) is 26.5 Å². The quantitative estimate of drug-likeness (QED) is 0.674. The average molecular weight is 182 g/mol. The molecule has 1 aromatic carbocycles. The lowest BCUT2D eigenvalue weighted by Crippen LogP contribution is -1.92. The highest BCUT2D eigenvalue weighted by Gasteiger charge is 2.06. The van der Waals surface area contributed by atoms with E-state index < -0.39 is 0 Å². The third-order valence-corrected chi connectivity index (χ3v) is 2.59. The molecule has 1 rings (SSSR count). The molecule has 1 aromatic rings. The zero-order valence-corrected chi connectivity index (χ0v) is 8.36. The molecule has 1 N–H and O–H groups in total. The smallest absolute Gasteiger partial charge is 0.129 e. The summed E-state index contributed by atoms with van der Waals surface area (Å²) in [6, 6.07) is 3.67. The summed E-state index contributed by atoms with van der Waals surface area (Å²) in [7, 11) is 0. The monoisotopic (exact) mass is 182 g/mol. The van der Waals surface area contributed by atoms with Gasteiger partial charge in [0.25, 0.3) is 0 Å². The van der Waals surface area contributed by atoms with Crippen molar-refractivity contribution in [3.8, 4) is 5.75 Å². The van der Waals surface area contributed by atoms with Crippen molar-refractivity contribution in [1.82, 2.24) is 0 Å². The molecule has 0 aliphatic rings. The number of aryl methyl sites for hydroxylation is 1. The zero-order valence-electron chi connectivity index (χ0n) is 7.46. The summed E-state index contributed by atoms with van der Waals surface area (Å²) in [5.41, 5.74) is 2.45. The fourth-order valence-electron chi connectivity index (χ4n) is 1.39. The van der Waals surface area contributed by atoms with E-state index in [4.69, 9.17) is 0 Å². The van der Waals surface area contributed by atoms with Crippen LogP contribution in [-0.2, 0) is 12.8 Å². The summed E-state index contributed by atoms with van der Waals surface area (Å²) in [6.07, 6.45) is 1.92. The highest BCUT2D eigenvalue weighted by molar-refractivity contribution is 7.80. The van der Waals surface area contributed by atoms with E-state index in [0.717, 1.165) is 17.7 Å². The SMILES string of the molecule is CCc1ccc(O)c(S)c1CC. The lowest BCUT2D eigenvalue weighted by atomic mass is 10.0. The third kappa shape index (κ3) is 1.58. The fraction of sp³-hybridized carbons (Fsp3) is 0.400. The van der Waals surface area contributed by atoms with Crippen LogP contribution in [0.5, 0.6) is 5.75 Å². The standard InChI is InChI=1S/C10H14OS/c1-3-7-5-6-9(11)10(12)8(7)4-2/h5-6,11-12H,3-4H2,1-2H3. The first-order chi connectivity index (χ1) is 5.70. The summed E-state index contributed by atoms with van der Waals surface area (Å²) < 4.78 is 0. The number of thiol groups is 1. The van der Waals surface area contributed by atoms with Gasteiger partial charge in [0, 0.05) is 4.90 Å². The second-order valence-corrected chi connectivity index (χ2v) is 3.23. The molecule has 0 bridgehead atoms. The Hall–Kier alpha value is -0.630. The van der Waals surface area contributed by atoms with Gasteiger partial charge in [-0.2, -0.15) is 0 Å². The van der Waals surface area contributed by atoms with Crippen LogP contribution in [0.3, 0.4) is 0 Å². The normalized spacial score (nSPS) is 10.2. The molecule has 0 saturated carbocycles. The van der Waals surface area contributed by atoms with Gasteiger partial charge in [0.05, 0.1) is 0 Å². The van der Waals surface area contributed by atoms with Gasteiger partial charge >= 0.3 is 0 Å². The molecule has 0 aromatic heterocycles. The Kier molecular flexibility index (Phi) is 3.04. The van der Waals surface area contributed by atoms with Crippen LogP contribution in [0.1, 0.15) is 25.0 Å². The van der Waals surface area contributed by atoms with Crippen LogP contribution in [-0.4, -0.2) is 5.11 Å². The van der Waals surface area contributed by atoms with Crippen LogP contribution in [0.15, 0.2) is 17.0 Å². The van der Waals surface area contributed by atoms with Gasteiger partial charge in [-0.25, -0.2) is 0 Å². The van der Waals surface area contributed by atoms with Crippen molar-refractivity contribution in [1.29, 1.82) is 0 Å². The van der Waals surface area contributed by atoms with Gasteiger partial charge in [0.15, 0.2) is 0 Å². The predicted octanol–water partition coefficient (Wildman–Crippen LogP) is 2.81. The maximum atomic E-state index is 9.37. The molecule has 0 aliphatic heterocycles. The van der Waals surface area contributed by atoms with E-state index in [1.54, 1.807) is 6.07 Å². The van der Waals surface area contributed by atoms with Gasteiger partial charge in [-0.3, -0.25) is 0 Å². The van der Waals surface area contributed by atoms with Crippen molar-refractivity contribution < 1.29 is 5.11 Å². The molecule has 1 nitrogen and oxygen atoms in total. The molecule has 0 radical (unpaired) electrons. The topological polar surface area (TPSA) is 20.2 Å². The first-order valence-corrected chi connectivity index (χ1v) is 4.68. The highest BCUT2D eigenvalue weighted by atomic mass is 32.1. The maximum absolute atomic E-state index is 9.37. The number of hydrogen-bond donors (Lipinski definition) is 2. The van der Waals surface area contributed by atoms with Crippen molar-refractivity contribution in [3.05, 3.63) is 23.3 Å². The number of phenolic OH excluding ortho intramolecular Hbond substituents is 1. The first-order valence-electron chi connectivity index (χ1n) is 4.23. The summed E-state index contributed by atoms with van der Waals surface area (Å²) in [5.74, 6) is 0.285. The molecule has 0 unspecified atom stereocenters. The minimum absolute atomic E-state index is 0.285. The summed E-state index contributed by atoms with van der Waals surface area (Å²) in [5, 5.41) is 9.37. The Labute approximate surface area is 78.8 Å². The molecular weight excluding hydrogens is 168 g/mol. The van der Waals surface area contributed by atoms with Crippen molar-refractivity contribution in [2.75, 3.05) is 0 Å². The molecule has 2 heteroatoms. The average Bonchev–Trinajstić information content (AvgIpc) is 2.09. The van der Waals surface area contributed by atoms with Gasteiger partial charge in [-0.1, -0.05) is 19.9 Å². The van der Waals surface area contributed by atoms with Gasteiger partial charge in [-0.05, 0) is 30.0 Å². The van der Waals surface area contributed by atoms with Crippen LogP contribution < -0.4 is 0 Å². The number of phenols is 1. The highest BCUT2D eigenvalue weighted by Crippen LogP contribution is 2.28. The predicted molar refractivity (Wildman–Crippen MR) is 54.1 cm³/mol. The molecule has 66 valence electrons. The van der Waals surface area contributed by atoms with Crippen LogP contribution in [0.2, 0.25) is 0 Å². The van der Waals surface area contributed by atoms with Gasteiger partial charge in [0.2, 0.25) is 0 Å². The molecule has 0 fully saturated rings. The largest absolute Gasteiger partial charge is 0.507 e. The molecule has 0 spiro atoms. The number of hydrogen-bond acceptors (Lipinski definition) is 2. The van der Waals surface area contributed by atoms with E-state index in [-0.39, 0.29) is 5.75 Å². The molecule has 0 saturated heterocycles. The van der Waals surface area contributed by atoms with E-state index >= 15 is 0 Å². The molecule has 0 amide bonds. The van der Waals surface area contributed by atoms with Gasteiger partial charge < -0.3 is 5.11 Å². The van der Waals surface area contributed by atoms with Crippen LogP contribution >= 0.6 is 12.6 Å². The molecule has 12 heavy (non-hydrogen) atoms. The fourth-order valence-corrected chi connectivity index (χ4v) is 1.77. The van der Waals surface area contributed by atoms with Gasteiger partial charge in [0.1, 0.15) is 5.75 Å². The number of rotatable bonds is 2. The zero-order chi connectivity index (χ0) is 9.14. The Morgan fingerprint density at radius 2 is 1.92 bits per heavy atom. The van der Waals surface area contributed by atoms with Crippen molar-refractivity contribution in [2.45, 2.75) is 31.6 Å². The lowest BCUT2D eigenvalue weighted by Gasteiger charge is -2.09. The van der Waals surface area contributed by atoms with E-state index in [1.165, 1.54) is 11.1 Å². The van der Waals surface area contributed by atoms with Crippen LogP contribution in [0, 0.1) is 0 Å². The number of benzene rings is 1. The first kappa shape index (κ1) is 9.46. The van der Waals surface area contributed by atoms with Crippen molar-refractivity contribution in [2.24, 2.45) is 0 Å². The Morgan fingerprint density at radius 1 is 1.25 bits per heavy atom. The summed E-state index contributed by atoms with van der Waals surface area (Å²) >= 11 is 4.27. The van der Waals surface area contributed by atoms with Crippen LogP contribution in [0.4, 0.5) is 0 Å². The summed E-state index contributed by atoms with van der Waals surface area (Å²) in [4.78, 5) is 0.733. The minimum Gasteiger partial charge on any atom is -0.507 e. The minimum atomic E-state index is 0.285. The Morgan fingerprint density at radius 3 is 2.42 bits per heavy atom. The van der Waals surface area contributed by atoms with Crippen molar-refractivity contribution >= 4 is 12.6 Å². The third-order valence-electron chi connectivity index (χ3n) is 2.09. The van der Waals surface area contributed by atoms with Crippen LogP contribution in [0.25, 0.3) is 0 Å². The molecule has 0 atom stereocenters. The molecule has 0 heterocycles. The maximum Gasteiger partial charge on any atom is 0.129 e. The van der Waals surface area contributed by atoms with E-state index in [0.29, 0.717) is 0 Å². The van der Waals surface area contributed by atoms with Crippen molar-refractivity contribution in [3.63, 3.8) is 0 Å². The number of aromatic hydroxyl groups is 1. The van der Waals surface area contributed by atoms with E-state index in [9.17, 15) is 5.11 Å². The second-order valence-electron chi connectivity index (χ2n) is 2.78. The Bertz CT molecular complexity index is 281. The van der Waals surface area contributed by atoms with Gasteiger partial charge in [-0.15, -0.1) is 12.6 Å². The summed E-state index contributed by atoms with van der Waals surface area (Å²) in [6.45, 7) is 4.19. The Balaban J connectivity index is 3.25. The lowest BCUT2D eigenvalue weighted by molar-refractivity contribution is 0.461. The molecular formula is C10H14OS.